The Hall–Kier alpha value is -1.88. The summed E-state index contributed by atoms with van der Waals surface area (Å²) in [5.41, 5.74) is 0.457. The molecule has 2 fully saturated rings. The van der Waals surface area contributed by atoms with E-state index in [1.165, 1.54) is 83.5 Å². The number of likely N-dealkylation sites (tertiary alicyclic amines) is 1. The van der Waals surface area contributed by atoms with Gasteiger partial charge in [0.2, 0.25) is 11.4 Å². The smallest absolute Gasteiger partial charge is 0.249 e. The molecule has 1 aliphatic carbocycles. The van der Waals surface area contributed by atoms with E-state index in [-0.39, 0.29) is 5.56 Å². The van der Waals surface area contributed by atoms with Crippen molar-refractivity contribution in [2.75, 3.05) is 26.2 Å². The summed E-state index contributed by atoms with van der Waals surface area (Å²) >= 11 is 0. The van der Waals surface area contributed by atoms with Crippen molar-refractivity contribution in [2.24, 2.45) is 11.8 Å². The van der Waals surface area contributed by atoms with Crippen LogP contribution in [0.1, 0.15) is 64.2 Å². The molecule has 5 nitrogen and oxygen atoms in total. The van der Waals surface area contributed by atoms with Gasteiger partial charge in [-0.2, -0.15) is 4.98 Å². The minimum absolute atomic E-state index is 0.133. The highest BCUT2D eigenvalue weighted by molar-refractivity contribution is 5.74. The Bertz CT molecular complexity index is 834. The summed E-state index contributed by atoms with van der Waals surface area (Å²) in [6, 6.07) is 7.12. The van der Waals surface area contributed by atoms with Gasteiger partial charge in [-0.25, -0.2) is 0 Å². The minimum atomic E-state index is -0.133. The summed E-state index contributed by atoms with van der Waals surface area (Å²) in [5, 5.41) is 0.922. The topological polar surface area (TPSA) is 58.2 Å². The lowest BCUT2D eigenvalue weighted by atomic mass is 9.80. The van der Waals surface area contributed by atoms with Gasteiger partial charge in [-0.05, 0) is 62.7 Å². The lowest BCUT2D eigenvalue weighted by Crippen LogP contribution is -2.41. The van der Waals surface area contributed by atoms with Crippen LogP contribution in [0, 0.1) is 11.8 Å². The van der Waals surface area contributed by atoms with Gasteiger partial charge >= 0.3 is 0 Å². The van der Waals surface area contributed by atoms with Crippen LogP contribution in [0.4, 0.5) is 0 Å². The molecule has 2 aliphatic rings. The molecule has 3 heterocycles. The number of pyridine rings is 2. The number of nitrogens with one attached hydrogen (secondary N) is 1. The second-order valence-corrected chi connectivity index (χ2v) is 8.92. The van der Waals surface area contributed by atoms with E-state index < -0.39 is 0 Å². The summed E-state index contributed by atoms with van der Waals surface area (Å²) in [6.07, 6.45) is 13.8. The Labute approximate surface area is 173 Å². The van der Waals surface area contributed by atoms with Crippen molar-refractivity contribution < 1.29 is 4.74 Å². The molecular weight excluding hydrogens is 362 g/mol. The van der Waals surface area contributed by atoms with E-state index in [9.17, 15) is 4.79 Å². The predicted molar refractivity (Wildman–Crippen MR) is 117 cm³/mol. The molecule has 2 aromatic rings. The third-order valence-corrected chi connectivity index (χ3v) is 6.80. The molecule has 2 unspecified atom stereocenters. The van der Waals surface area contributed by atoms with Crippen molar-refractivity contribution in [1.82, 2.24) is 14.9 Å². The fourth-order valence-corrected chi connectivity index (χ4v) is 5.11. The van der Waals surface area contributed by atoms with Gasteiger partial charge in [-0.1, -0.05) is 38.5 Å². The van der Waals surface area contributed by atoms with Crippen molar-refractivity contribution >= 4 is 11.0 Å². The molecule has 0 amide bonds. The highest BCUT2D eigenvalue weighted by Gasteiger charge is 2.28. The van der Waals surface area contributed by atoms with Gasteiger partial charge in [0.25, 0.3) is 0 Å². The molecule has 1 saturated heterocycles. The molecule has 1 aliphatic heterocycles. The number of ether oxygens (including phenoxy) is 1. The van der Waals surface area contributed by atoms with Crippen LogP contribution in [0.15, 0.2) is 29.1 Å². The van der Waals surface area contributed by atoms with Crippen LogP contribution in [0.5, 0.6) is 5.88 Å². The van der Waals surface area contributed by atoms with E-state index in [1.54, 1.807) is 6.07 Å². The highest BCUT2D eigenvalue weighted by Crippen LogP contribution is 2.33. The Balaban J connectivity index is 1.18. The monoisotopic (exact) mass is 397 g/mol. The lowest BCUT2D eigenvalue weighted by Gasteiger charge is -2.38. The Morgan fingerprint density at radius 3 is 2.66 bits per heavy atom. The number of hydrogen-bond donors (Lipinski definition) is 1. The third kappa shape index (κ3) is 5.81. The van der Waals surface area contributed by atoms with Crippen LogP contribution in [-0.4, -0.2) is 41.1 Å². The number of unbranched alkanes of at least 4 members (excludes halogenated alkanes) is 1. The summed E-state index contributed by atoms with van der Waals surface area (Å²) < 4.78 is 5.82. The van der Waals surface area contributed by atoms with Gasteiger partial charge in [0, 0.05) is 24.1 Å². The van der Waals surface area contributed by atoms with Gasteiger partial charge in [0.05, 0.1) is 6.61 Å². The molecule has 2 aromatic heterocycles. The van der Waals surface area contributed by atoms with Crippen LogP contribution in [0.2, 0.25) is 0 Å². The van der Waals surface area contributed by atoms with Crippen LogP contribution >= 0.6 is 0 Å². The van der Waals surface area contributed by atoms with E-state index in [1.807, 2.05) is 12.1 Å². The van der Waals surface area contributed by atoms with Crippen LogP contribution in [0.3, 0.4) is 0 Å². The predicted octanol–water partition coefficient (Wildman–Crippen LogP) is 4.76. The molecule has 1 N–H and O–H groups in total. The molecule has 0 spiro atoms. The number of fused-ring (bicyclic) bond motifs is 2. The van der Waals surface area contributed by atoms with Crippen molar-refractivity contribution in [3.05, 3.63) is 34.6 Å². The maximum Gasteiger partial charge on any atom is 0.249 e. The fraction of sp³-hybridized carbons (Fsp3) is 0.667. The molecule has 0 aromatic carbocycles. The number of nitrogens with zero attached hydrogens (tertiary/aromatic N) is 2. The first kappa shape index (κ1) is 20.4. The maximum atomic E-state index is 11.4. The largest absolute Gasteiger partial charge is 0.478 e. The summed E-state index contributed by atoms with van der Waals surface area (Å²) in [5.74, 6) is 2.51. The molecule has 158 valence electrons. The van der Waals surface area contributed by atoms with Crippen LogP contribution in [-0.2, 0) is 0 Å². The second kappa shape index (κ2) is 10.2. The van der Waals surface area contributed by atoms with Crippen molar-refractivity contribution in [1.29, 1.82) is 0 Å². The standard InChI is InChI=1S/C24H35N3O2/c28-22-12-10-20-11-13-23(26-24(20)25-22)29-17-7-6-15-27-16-14-19-8-4-2-1-3-5-9-21(19)18-27/h10-13,19,21H,1-9,14-18H2,(H,25,26,28). The van der Waals surface area contributed by atoms with Gasteiger partial charge in [-0.3, -0.25) is 4.79 Å². The molecule has 0 radical (unpaired) electrons. The third-order valence-electron chi connectivity index (χ3n) is 6.80. The fourth-order valence-electron chi connectivity index (χ4n) is 5.11. The van der Waals surface area contributed by atoms with E-state index in [0.29, 0.717) is 18.1 Å². The molecule has 4 rings (SSSR count). The highest BCUT2D eigenvalue weighted by atomic mass is 16.5. The maximum absolute atomic E-state index is 11.4. The summed E-state index contributed by atoms with van der Waals surface area (Å²) in [4.78, 5) is 21.3. The Morgan fingerprint density at radius 1 is 0.966 bits per heavy atom. The summed E-state index contributed by atoms with van der Waals surface area (Å²) in [7, 11) is 0. The summed E-state index contributed by atoms with van der Waals surface area (Å²) in [6.45, 7) is 4.45. The molecule has 5 heteroatoms. The van der Waals surface area contributed by atoms with Crippen molar-refractivity contribution in [3.8, 4) is 5.88 Å². The van der Waals surface area contributed by atoms with E-state index >= 15 is 0 Å². The zero-order chi connectivity index (χ0) is 19.9. The zero-order valence-electron chi connectivity index (χ0n) is 17.6. The normalized spacial score (nSPS) is 23.7. The quantitative estimate of drug-likeness (QED) is 0.714. The molecule has 1 saturated carbocycles. The second-order valence-electron chi connectivity index (χ2n) is 8.92. The Morgan fingerprint density at radius 2 is 1.76 bits per heavy atom. The van der Waals surface area contributed by atoms with Gasteiger partial charge in [0.1, 0.15) is 5.65 Å². The van der Waals surface area contributed by atoms with E-state index in [2.05, 4.69) is 14.9 Å². The number of H-pyrrole nitrogens is 1. The number of aromatic amines is 1. The SMILES string of the molecule is O=c1ccc2ccc(OCCCCN3CCC4CCCCCCCC4C3)nc2[nH]1. The van der Waals surface area contributed by atoms with Crippen LogP contribution in [0.25, 0.3) is 11.0 Å². The van der Waals surface area contributed by atoms with Crippen LogP contribution < -0.4 is 10.3 Å². The number of rotatable bonds is 6. The van der Waals surface area contributed by atoms with E-state index in [0.717, 1.165) is 23.6 Å². The van der Waals surface area contributed by atoms with Crippen molar-refractivity contribution in [2.45, 2.75) is 64.2 Å². The van der Waals surface area contributed by atoms with Gasteiger partial charge < -0.3 is 14.6 Å². The molecular formula is C24H35N3O2. The number of hydrogen-bond acceptors (Lipinski definition) is 4. The first-order chi connectivity index (χ1) is 14.3. The number of piperidine rings is 1. The average molecular weight is 398 g/mol. The minimum Gasteiger partial charge on any atom is -0.478 e. The van der Waals surface area contributed by atoms with Gasteiger partial charge in [-0.15, -0.1) is 0 Å². The first-order valence-corrected chi connectivity index (χ1v) is 11.6. The molecule has 0 bridgehead atoms. The first-order valence-electron chi connectivity index (χ1n) is 11.6. The average Bonchev–Trinajstić information content (AvgIpc) is 2.85. The van der Waals surface area contributed by atoms with E-state index in [4.69, 9.17) is 4.74 Å². The number of aromatic nitrogens is 2. The molecule has 2 atom stereocenters. The lowest BCUT2D eigenvalue weighted by molar-refractivity contribution is 0.104. The Kier molecular flexibility index (Phi) is 7.20. The zero-order valence-corrected chi connectivity index (χ0v) is 17.6. The van der Waals surface area contributed by atoms with Crippen molar-refractivity contribution in [3.63, 3.8) is 0 Å². The van der Waals surface area contributed by atoms with Gasteiger partial charge in [0.15, 0.2) is 0 Å². The molecule has 29 heavy (non-hydrogen) atoms.